The molecule has 0 aliphatic rings. The molecule has 0 N–H and O–H groups in total. The van der Waals surface area contributed by atoms with Crippen molar-refractivity contribution in [2.75, 3.05) is 0 Å². The van der Waals surface area contributed by atoms with E-state index < -0.39 is 10.1 Å². The van der Waals surface area contributed by atoms with Gasteiger partial charge < -0.3 is 4.55 Å². The molecule has 156 valence electrons. The molecule has 0 radical (unpaired) electrons. The first-order valence-electron chi connectivity index (χ1n) is 11.0. The van der Waals surface area contributed by atoms with Crippen molar-refractivity contribution < 1.29 is 42.5 Å². The molecule has 0 aliphatic carbocycles. The van der Waals surface area contributed by atoms with Gasteiger partial charge in [-0.2, -0.15) is 0 Å². The van der Waals surface area contributed by atoms with Crippen LogP contribution in [0.15, 0.2) is 35.2 Å². The minimum absolute atomic E-state index is 0. The van der Waals surface area contributed by atoms with Crippen molar-refractivity contribution in [1.29, 1.82) is 0 Å². The Labute approximate surface area is 199 Å². The molecule has 0 heterocycles. The van der Waals surface area contributed by atoms with Gasteiger partial charge in [-0.15, -0.1) is 0 Å². The van der Waals surface area contributed by atoms with Gasteiger partial charge in [0.2, 0.25) is 0 Å². The fraction of sp³-hybridized carbons (Fsp3) is 0.583. The monoisotopic (exact) mass is 426 g/mol. The van der Waals surface area contributed by atoms with Crippen LogP contribution >= 0.6 is 0 Å². The topological polar surface area (TPSA) is 57.2 Å². The van der Waals surface area contributed by atoms with Crippen molar-refractivity contribution in [3.05, 3.63) is 41.5 Å². The Kier molecular flexibility index (Phi) is 12.7. The summed E-state index contributed by atoms with van der Waals surface area (Å²) in [6, 6.07) is 9.05. The standard InChI is InChI=1S/C24H36O3S.Na/c1-3-5-7-9-11-13-20-17-22-15-16-24(28(25,26)27)19-23(22)18-21(20)14-12-10-8-6-4-2;/h15-19H,3-14H2,1-2H3,(H,25,26,27);/q;+1/p-1. The molecule has 0 aliphatic heterocycles. The van der Waals surface area contributed by atoms with Crippen LogP contribution in [0.25, 0.3) is 10.8 Å². The largest absolute Gasteiger partial charge is 1.00 e. The minimum Gasteiger partial charge on any atom is -0.744 e. The van der Waals surface area contributed by atoms with Crippen LogP contribution < -0.4 is 29.6 Å². The molecular formula is C24H35NaO3S. The van der Waals surface area contributed by atoms with Crippen molar-refractivity contribution in [3.8, 4) is 0 Å². The summed E-state index contributed by atoms with van der Waals surface area (Å²) in [6.07, 6.45) is 14.6. The maximum atomic E-state index is 11.4. The number of hydrogen-bond donors (Lipinski definition) is 0. The van der Waals surface area contributed by atoms with Crippen LogP contribution in [0, 0.1) is 0 Å². The van der Waals surface area contributed by atoms with Gasteiger partial charge in [0.05, 0.1) is 4.90 Å². The Morgan fingerprint density at radius 2 is 1.17 bits per heavy atom. The van der Waals surface area contributed by atoms with E-state index in [-0.39, 0.29) is 34.5 Å². The van der Waals surface area contributed by atoms with E-state index in [0.717, 1.165) is 30.0 Å². The third-order valence-electron chi connectivity index (χ3n) is 5.52. The van der Waals surface area contributed by atoms with E-state index in [1.165, 1.54) is 81.0 Å². The van der Waals surface area contributed by atoms with E-state index in [4.69, 9.17) is 0 Å². The third-order valence-corrected chi connectivity index (χ3v) is 6.35. The summed E-state index contributed by atoms with van der Waals surface area (Å²) in [5, 5.41) is 1.88. The van der Waals surface area contributed by atoms with E-state index in [1.807, 2.05) is 0 Å². The summed E-state index contributed by atoms with van der Waals surface area (Å²) in [4.78, 5) is -0.138. The average Bonchev–Trinajstić information content (AvgIpc) is 2.66. The maximum absolute atomic E-state index is 11.4. The first kappa shape index (κ1) is 26.6. The minimum atomic E-state index is -4.42. The SMILES string of the molecule is CCCCCCCc1cc2ccc(S(=O)(=O)[O-])cc2cc1CCCCCCC.[Na+]. The molecule has 3 nitrogen and oxygen atoms in total. The number of fused-ring (bicyclic) bond motifs is 1. The predicted octanol–water partition coefficient (Wildman–Crippen LogP) is 3.77. The molecule has 0 aromatic heterocycles. The van der Waals surface area contributed by atoms with E-state index in [1.54, 1.807) is 6.07 Å². The number of aryl methyl sites for hydroxylation is 2. The second-order valence-electron chi connectivity index (χ2n) is 7.91. The molecule has 0 atom stereocenters. The fourth-order valence-corrected chi connectivity index (χ4v) is 4.34. The molecule has 0 spiro atoms. The van der Waals surface area contributed by atoms with Crippen molar-refractivity contribution in [1.82, 2.24) is 0 Å². The van der Waals surface area contributed by atoms with Gasteiger partial charge in [-0.1, -0.05) is 83.4 Å². The van der Waals surface area contributed by atoms with Crippen LogP contribution in [0.5, 0.6) is 0 Å². The molecule has 5 heteroatoms. The zero-order valence-corrected chi connectivity index (χ0v) is 21.3. The zero-order chi connectivity index (χ0) is 20.4. The van der Waals surface area contributed by atoms with Crippen LogP contribution in [-0.4, -0.2) is 13.0 Å². The van der Waals surface area contributed by atoms with Crippen LogP contribution in [0.2, 0.25) is 0 Å². The first-order chi connectivity index (χ1) is 13.5. The second kappa shape index (κ2) is 13.8. The zero-order valence-electron chi connectivity index (χ0n) is 18.5. The Morgan fingerprint density at radius 1 is 0.690 bits per heavy atom. The van der Waals surface area contributed by atoms with Gasteiger partial charge in [-0.3, -0.25) is 0 Å². The van der Waals surface area contributed by atoms with Gasteiger partial charge >= 0.3 is 29.6 Å². The molecule has 0 amide bonds. The number of rotatable bonds is 13. The Bertz CT molecular complexity index is 847. The van der Waals surface area contributed by atoms with Crippen molar-refractivity contribution in [2.45, 2.75) is 95.8 Å². The van der Waals surface area contributed by atoms with E-state index in [9.17, 15) is 13.0 Å². The molecule has 29 heavy (non-hydrogen) atoms. The van der Waals surface area contributed by atoms with Gasteiger partial charge in [-0.25, -0.2) is 8.42 Å². The van der Waals surface area contributed by atoms with Gasteiger partial charge in [-0.05, 0) is 59.7 Å². The Balaban J connectivity index is 0.00000420. The number of unbranched alkanes of at least 4 members (excludes halogenated alkanes) is 8. The molecule has 0 saturated heterocycles. The molecule has 2 aromatic rings. The van der Waals surface area contributed by atoms with Crippen LogP contribution in [0.3, 0.4) is 0 Å². The van der Waals surface area contributed by atoms with Crippen molar-refractivity contribution in [2.24, 2.45) is 0 Å². The summed E-state index contributed by atoms with van der Waals surface area (Å²) in [6.45, 7) is 4.46. The van der Waals surface area contributed by atoms with Gasteiger partial charge in [0.15, 0.2) is 0 Å². The normalized spacial score (nSPS) is 11.6. The Morgan fingerprint density at radius 3 is 1.66 bits per heavy atom. The molecule has 0 fully saturated rings. The first-order valence-corrected chi connectivity index (χ1v) is 12.4. The maximum Gasteiger partial charge on any atom is 1.00 e. The summed E-state index contributed by atoms with van der Waals surface area (Å²) < 4.78 is 34.1. The molecule has 0 bridgehead atoms. The number of benzene rings is 2. The van der Waals surface area contributed by atoms with Gasteiger partial charge in [0, 0.05) is 0 Å². The molecule has 2 aromatic carbocycles. The van der Waals surface area contributed by atoms with Crippen molar-refractivity contribution in [3.63, 3.8) is 0 Å². The second-order valence-corrected chi connectivity index (χ2v) is 9.29. The fourth-order valence-electron chi connectivity index (χ4n) is 3.83. The smallest absolute Gasteiger partial charge is 0.744 e. The molecule has 0 saturated carbocycles. The van der Waals surface area contributed by atoms with Crippen LogP contribution in [-0.2, 0) is 23.0 Å². The molecule has 0 unspecified atom stereocenters. The predicted molar refractivity (Wildman–Crippen MR) is 117 cm³/mol. The van der Waals surface area contributed by atoms with Gasteiger partial charge in [0.1, 0.15) is 10.1 Å². The van der Waals surface area contributed by atoms with E-state index in [2.05, 4.69) is 26.0 Å². The van der Waals surface area contributed by atoms with Crippen LogP contribution in [0.4, 0.5) is 0 Å². The van der Waals surface area contributed by atoms with E-state index >= 15 is 0 Å². The summed E-state index contributed by atoms with van der Waals surface area (Å²) in [5.74, 6) is 0. The quantitative estimate of drug-likeness (QED) is 0.278. The summed E-state index contributed by atoms with van der Waals surface area (Å²) in [7, 11) is -4.42. The Hall–Kier alpha value is -0.390. The third kappa shape index (κ3) is 9.10. The summed E-state index contributed by atoms with van der Waals surface area (Å²) >= 11 is 0. The molecule has 2 rings (SSSR count). The van der Waals surface area contributed by atoms with E-state index in [0.29, 0.717) is 0 Å². The van der Waals surface area contributed by atoms with Crippen LogP contribution in [0.1, 0.15) is 89.2 Å². The van der Waals surface area contributed by atoms with Gasteiger partial charge in [0.25, 0.3) is 0 Å². The average molecular weight is 427 g/mol. The van der Waals surface area contributed by atoms with Crippen molar-refractivity contribution >= 4 is 20.9 Å². The summed E-state index contributed by atoms with van der Waals surface area (Å²) in [5.41, 5.74) is 2.71. The molecular weight excluding hydrogens is 391 g/mol. The number of hydrogen-bond acceptors (Lipinski definition) is 3.